The van der Waals surface area contributed by atoms with Crippen molar-refractivity contribution in [1.29, 1.82) is 0 Å². The third-order valence-electron chi connectivity index (χ3n) is 2.54. The third-order valence-corrected chi connectivity index (χ3v) is 2.85. The number of halogens is 2. The molecule has 0 saturated heterocycles. The van der Waals surface area contributed by atoms with Gasteiger partial charge in [-0.2, -0.15) is 0 Å². The van der Waals surface area contributed by atoms with Gasteiger partial charge in [-0.05, 0) is 23.6 Å². The molecule has 0 bridgehead atoms. The van der Waals surface area contributed by atoms with Gasteiger partial charge in [0, 0.05) is 0 Å². The summed E-state index contributed by atoms with van der Waals surface area (Å²) in [6, 6.07) is 4.07. The summed E-state index contributed by atoms with van der Waals surface area (Å²) in [5, 5.41) is 9.93. The molecule has 0 spiro atoms. The lowest BCUT2D eigenvalue weighted by molar-refractivity contribution is -0.142. The number of aliphatic hydroxyl groups excluding tert-OH is 1. The number of methoxy groups -OCH3 is 1. The molecule has 3 nitrogen and oxygen atoms in total. The van der Waals surface area contributed by atoms with Crippen LogP contribution in [0, 0.1) is 11.7 Å². The summed E-state index contributed by atoms with van der Waals surface area (Å²) in [5.74, 6) is -1.36. The smallest absolute Gasteiger partial charge is 0.305 e. The van der Waals surface area contributed by atoms with E-state index in [9.17, 15) is 14.3 Å². The molecule has 0 heterocycles. The van der Waals surface area contributed by atoms with E-state index in [4.69, 9.17) is 11.6 Å². The van der Waals surface area contributed by atoms with E-state index in [1.807, 2.05) is 0 Å². The van der Waals surface area contributed by atoms with Gasteiger partial charge in [0.1, 0.15) is 5.82 Å². The minimum absolute atomic E-state index is 0.00145. The van der Waals surface area contributed by atoms with Crippen LogP contribution in [0.2, 0.25) is 5.02 Å². The van der Waals surface area contributed by atoms with Gasteiger partial charge in [0.25, 0.3) is 0 Å². The molecule has 0 fully saturated rings. The Morgan fingerprint density at radius 1 is 1.59 bits per heavy atom. The normalized spacial score (nSPS) is 14.2. The van der Waals surface area contributed by atoms with Crippen LogP contribution in [0.4, 0.5) is 4.39 Å². The third kappa shape index (κ3) is 3.68. The first-order valence-corrected chi connectivity index (χ1v) is 5.53. The van der Waals surface area contributed by atoms with Crippen molar-refractivity contribution in [2.75, 3.05) is 7.11 Å². The monoisotopic (exact) mass is 260 g/mol. The van der Waals surface area contributed by atoms with Crippen LogP contribution in [-0.2, 0) is 9.53 Å². The molecule has 1 N–H and O–H groups in total. The van der Waals surface area contributed by atoms with Crippen molar-refractivity contribution in [3.05, 3.63) is 34.6 Å². The second-order valence-electron chi connectivity index (χ2n) is 3.88. The van der Waals surface area contributed by atoms with E-state index in [-0.39, 0.29) is 17.4 Å². The molecule has 0 aliphatic heterocycles. The molecule has 0 amide bonds. The molecule has 94 valence electrons. The minimum atomic E-state index is -0.930. The fraction of sp³-hybridized carbons (Fsp3) is 0.417. The number of rotatable bonds is 4. The fourth-order valence-corrected chi connectivity index (χ4v) is 1.60. The van der Waals surface area contributed by atoms with Gasteiger partial charge in [-0.25, -0.2) is 4.39 Å². The van der Waals surface area contributed by atoms with Gasteiger partial charge >= 0.3 is 5.97 Å². The lowest BCUT2D eigenvalue weighted by atomic mass is 9.94. The van der Waals surface area contributed by atoms with Crippen molar-refractivity contribution in [3.63, 3.8) is 0 Å². The molecule has 2 atom stereocenters. The summed E-state index contributed by atoms with van der Waals surface area (Å²) >= 11 is 5.54. The number of aliphatic hydroxyl groups is 1. The van der Waals surface area contributed by atoms with Crippen molar-refractivity contribution in [3.8, 4) is 0 Å². The Morgan fingerprint density at radius 2 is 2.24 bits per heavy atom. The van der Waals surface area contributed by atoms with Crippen LogP contribution < -0.4 is 0 Å². The van der Waals surface area contributed by atoms with Crippen LogP contribution in [0.1, 0.15) is 25.0 Å². The summed E-state index contributed by atoms with van der Waals surface area (Å²) < 4.78 is 17.7. The maximum atomic E-state index is 13.2. The van der Waals surface area contributed by atoms with Crippen LogP contribution >= 0.6 is 11.6 Å². The Labute approximate surface area is 104 Å². The van der Waals surface area contributed by atoms with Gasteiger partial charge in [0.2, 0.25) is 0 Å². The molecule has 0 aromatic heterocycles. The second kappa shape index (κ2) is 5.98. The number of benzene rings is 1. The molecular weight excluding hydrogens is 247 g/mol. The van der Waals surface area contributed by atoms with Gasteiger partial charge in [-0.3, -0.25) is 4.79 Å². The average molecular weight is 261 g/mol. The zero-order valence-electron chi connectivity index (χ0n) is 9.61. The van der Waals surface area contributed by atoms with Crippen molar-refractivity contribution in [1.82, 2.24) is 0 Å². The maximum absolute atomic E-state index is 13.2. The number of esters is 1. The van der Waals surface area contributed by atoms with E-state index in [2.05, 4.69) is 4.74 Å². The molecule has 17 heavy (non-hydrogen) atoms. The van der Waals surface area contributed by atoms with E-state index in [1.165, 1.54) is 25.3 Å². The number of carbonyl (C=O) groups excluding carboxylic acids is 1. The van der Waals surface area contributed by atoms with E-state index in [0.717, 1.165) is 0 Å². The number of hydrogen-bond donors (Lipinski definition) is 1. The van der Waals surface area contributed by atoms with E-state index in [0.29, 0.717) is 5.56 Å². The maximum Gasteiger partial charge on any atom is 0.305 e. The molecule has 1 aromatic carbocycles. The van der Waals surface area contributed by atoms with Crippen molar-refractivity contribution < 1.29 is 19.0 Å². The van der Waals surface area contributed by atoms with Crippen LogP contribution in [0.3, 0.4) is 0 Å². The van der Waals surface area contributed by atoms with Crippen LogP contribution in [-0.4, -0.2) is 18.2 Å². The van der Waals surface area contributed by atoms with Crippen molar-refractivity contribution >= 4 is 17.6 Å². The first-order valence-electron chi connectivity index (χ1n) is 5.15. The zero-order chi connectivity index (χ0) is 13.0. The fourth-order valence-electron chi connectivity index (χ4n) is 1.48. The first kappa shape index (κ1) is 13.9. The lowest BCUT2D eigenvalue weighted by Crippen LogP contribution is -2.15. The van der Waals surface area contributed by atoms with Crippen LogP contribution in [0.15, 0.2) is 18.2 Å². The molecular formula is C12H14ClFO3. The second-order valence-corrected chi connectivity index (χ2v) is 4.28. The van der Waals surface area contributed by atoms with E-state index < -0.39 is 17.9 Å². The van der Waals surface area contributed by atoms with E-state index in [1.54, 1.807) is 6.92 Å². The molecule has 1 aromatic rings. The highest BCUT2D eigenvalue weighted by molar-refractivity contribution is 6.30. The zero-order valence-corrected chi connectivity index (χ0v) is 10.4. The molecule has 5 heteroatoms. The first-order chi connectivity index (χ1) is 7.95. The predicted octanol–water partition coefficient (Wildman–Crippen LogP) is 2.71. The summed E-state index contributed by atoms with van der Waals surface area (Å²) in [5.41, 5.74) is 0.392. The standard InChI is InChI=1S/C12H14ClFO3/c1-7(5-11(15)17-2)12(16)8-3-4-9(13)10(14)6-8/h3-4,6-7,12,16H,5H2,1-2H3. The Morgan fingerprint density at radius 3 is 2.76 bits per heavy atom. The highest BCUT2D eigenvalue weighted by Gasteiger charge is 2.20. The predicted molar refractivity (Wildman–Crippen MR) is 62.2 cm³/mol. The van der Waals surface area contributed by atoms with Gasteiger partial charge in [-0.1, -0.05) is 24.6 Å². The van der Waals surface area contributed by atoms with Gasteiger partial charge < -0.3 is 9.84 Å². The molecule has 2 unspecified atom stereocenters. The Hall–Kier alpha value is -1.13. The summed E-state index contributed by atoms with van der Waals surface area (Å²) in [6.07, 6.45) is -0.858. The van der Waals surface area contributed by atoms with Gasteiger partial charge in [0.05, 0.1) is 24.7 Å². The number of carbonyl (C=O) groups is 1. The average Bonchev–Trinajstić information content (AvgIpc) is 2.31. The molecule has 0 aliphatic rings. The highest BCUT2D eigenvalue weighted by Crippen LogP contribution is 2.27. The SMILES string of the molecule is COC(=O)CC(C)C(O)c1ccc(Cl)c(F)c1. The molecule has 0 saturated carbocycles. The molecule has 0 radical (unpaired) electrons. The van der Waals surface area contributed by atoms with Gasteiger partial charge in [-0.15, -0.1) is 0 Å². The summed E-state index contributed by atoms with van der Waals surface area (Å²) in [7, 11) is 1.28. The van der Waals surface area contributed by atoms with Crippen LogP contribution in [0.25, 0.3) is 0 Å². The number of ether oxygens (including phenoxy) is 1. The van der Waals surface area contributed by atoms with E-state index >= 15 is 0 Å². The Bertz CT molecular complexity index is 409. The van der Waals surface area contributed by atoms with Crippen molar-refractivity contribution in [2.45, 2.75) is 19.4 Å². The molecule has 1 rings (SSSR count). The Kier molecular flexibility index (Phi) is 4.90. The topological polar surface area (TPSA) is 46.5 Å². The quantitative estimate of drug-likeness (QED) is 0.847. The summed E-state index contributed by atoms with van der Waals surface area (Å²) in [6.45, 7) is 1.69. The number of hydrogen-bond acceptors (Lipinski definition) is 3. The Balaban J connectivity index is 2.77. The van der Waals surface area contributed by atoms with Crippen LogP contribution in [0.5, 0.6) is 0 Å². The van der Waals surface area contributed by atoms with Gasteiger partial charge in [0.15, 0.2) is 0 Å². The van der Waals surface area contributed by atoms with Crippen molar-refractivity contribution in [2.24, 2.45) is 5.92 Å². The molecule has 0 aliphatic carbocycles. The largest absolute Gasteiger partial charge is 0.469 e. The summed E-state index contributed by atoms with van der Waals surface area (Å²) in [4.78, 5) is 11.1. The lowest BCUT2D eigenvalue weighted by Gasteiger charge is -2.18. The minimum Gasteiger partial charge on any atom is -0.469 e. The highest BCUT2D eigenvalue weighted by atomic mass is 35.5.